The molecule has 1 unspecified atom stereocenters. The van der Waals surface area contributed by atoms with Gasteiger partial charge in [-0.15, -0.1) is 0 Å². The highest BCUT2D eigenvalue weighted by molar-refractivity contribution is 6.30. The van der Waals surface area contributed by atoms with Crippen LogP contribution in [0, 0.1) is 0 Å². The molecule has 1 rings (SSSR count). The Balaban J connectivity index is 2.34. The van der Waals surface area contributed by atoms with Crippen LogP contribution in [0.3, 0.4) is 0 Å². The standard InChI is InChI=1S/C14H19ClN2O4/c1-2-11(14(20)21)16-12(18)5-3-4-8-17-9-10(15)6-7-13(17)19/h6-7,9,11H,2-5,8H2,1H3,(H,16,18)(H,20,21). The van der Waals surface area contributed by atoms with E-state index < -0.39 is 12.0 Å². The van der Waals surface area contributed by atoms with Gasteiger partial charge in [0.15, 0.2) is 0 Å². The third kappa shape index (κ3) is 5.99. The lowest BCUT2D eigenvalue weighted by Crippen LogP contribution is -2.40. The summed E-state index contributed by atoms with van der Waals surface area (Å²) in [6.45, 7) is 2.17. The van der Waals surface area contributed by atoms with Gasteiger partial charge >= 0.3 is 5.97 Å². The van der Waals surface area contributed by atoms with Gasteiger partial charge in [-0.1, -0.05) is 18.5 Å². The van der Waals surface area contributed by atoms with E-state index in [1.807, 2.05) is 0 Å². The van der Waals surface area contributed by atoms with Gasteiger partial charge in [0.1, 0.15) is 6.04 Å². The fraction of sp³-hybridized carbons (Fsp3) is 0.500. The zero-order valence-electron chi connectivity index (χ0n) is 11.8. The Morgan fingerprint density at radius 3 is 2.71 bits per heavy atom. The topological polar surface area (TPSA) is 88.4 Å². The Bertz CT molecular complexity index is 556. The molecule has 6 nitrogen and oxygen atoms in total. The summed E-state index contributed by atoms with van der Waals surface area (Å²) in [5.74, 6) is -1.32. The number of aryl methyl sites for hydroxylation is 1. The molecule has 0 aliphatic carbocycles. The number of aliphatic carboxylic acids is 1. The molecule has 0 radical (unpaired) electrons. The van der Waals surface area contributed by atoms with Gasteiger partial charge in [0, 0.05) is 25.2 Å². The van der Waals surface area contributed by atoms with Gasteiger partial charge in [-0.2, -0.15) is 0 Å². The van der Waals surface area contributed by atoms with Crippen LogP contribution in [0.1, 0.15) is 32.6 Å². The van der Waals surface area contributed by atoms with Crippen molar-refractivity contribution in [3.05, 3.63) is 33.7 Å². The molecule has 0 bridgehead atoms. The molecule has 0 saturated heterocycles. The number of nitrogens with zero attached hydrogens (tertiary/aromatic N) is 1. The van der Waals surface area contributed by atoms with Crippen LogP contribution < -0.4 is 10.9 Å². The Labute approximate surface area is 127 Å². The first kappa shape index (κ1) is 17.2. The summed E-state index contributed by atoms with van der Waals surface area (Å²) in [5.41, 5.74) is -0.138. The summed E-state index contributed by atoms with van der Waals surface area (Å²) in [6, 6.07) is 2.09. The van der Waals surface area contributed by atoms with Crippen molar-refractivity contribution in [1.29, 1.82) is 0 Å². The number of rotatable bonds is 8. The van der Waals surface area contributed by atoms with Crippen molar-refractivity contribution in [3.63, 3.8) is 0 Å². The normalized spacial score (nSPS) is 11.9. The Kier molecular flexibility index (Phi) is 6.94. The average molecular weight is 315 g/mol. The van der Waals surface area contributed by atoms with E-state index in [-0.39, 0.29) is 17.9 Å². The molecule has 21 heavy (non-hydrogen) atoms. The van der Waals surface area contributed by atoms with Crippen LogP contribution in [0.2, 0.25) is 5.02 Å². The van der Waals surface area contributed by atoms with E-state index in [0.29, 0.717) is 30.8 Å². The molecule has 1 heterocycles. The lowest BCUT2D eigenvalue weighted by Gasteiger charge is -2.12. The smallest absolute Gasteiger partial charge is 0.326 e. The Morgan fingerprint density at radius 2 is 2.10 bits per heavy atom. The molecule has 1 aromatic heterocycles. The number of nitrogens with one attached hydrogen (secondary N) is 1. The van der Waals surface area contributed by atoms with Gasteiger partial charge < -0.3 is 15.0 Å². The fourth-order valence-electron chi connectivity index (χ4n) is 1.85. The van der Waals surface area contributed by atoms with E-state index in [4.69, 9.17) is 16.7 Å². The number of hydrogen-bond donors (Lipinski definition) is 2. The zero-order chi connectivity index (χ0) is 15.8. The van der Waals surface area contributed by atoms with Crippen molar-refractivity contribution in [3.8, 4) is 0 Å². The number of halogens is 1. The number of amides is 1. The minimum Gasteiger partial charge on any atom is -0.480 e. The molecule has 0 aromatic carbocycles. The van der Waals surface area contributed by atoms with Gasteiger partial charge in [0.2, 0.25) is 5.91 Å². The zero-order valence-corrected chi connectivity index (χ0v) is 12.6. The number of aromatic nitrogens is 1. The third-order valence-electron chi connectivity index (χ3n) is 3.04. The van der Waals surface area contributed by atoms with Gasteiger partial charge in [-0.25, -0.2) is 4.79 Å². The Hall–Kier alpha value is -1.82. The van der Waals surface area contributed by atoms with Crippen molar-refractivity contribution >= 4 is 23.5 Å². The number of carbonyl (C=O) groups excluding carboxylic acids is 1. The van der Waals surface area contributed by atoms with Gasteiger partial charge in [0.05, 0.1) is 5.02 Å². The van der Waals surface area contributed by atoms with E-state index in [1.54, 1.807) is 13.1 Å². The minimum absolute atomic E-state index is 0.138. The fourth-order valence-corrected chi connectivity index (χ4v) is 2.03. The number of unbranched alkanes of at least 4 members (excludes halogenated alkanes) is 1. The van der Waals surface area contributed by atoms with Gasteiger partial charge in [0.25, 0.3) is 5.56 Å². The van der Waals surface area contributed by atoms with Crippen molar-refractivity contribution in [2.75, 3.05) is 0 Å². The first-order valence-electron chi connectivity index (χ1n) is 6.82. The Morgan fingerprint density at radius 1 is 1.38 bits per heavy atom. The summed E-state index contributed by atoms with van der Waals surface area (Å²) in [4.78, 5) is 33.9. The first-order chi connectivity index (χ1) is 9.93. The maximum Gasteiger partial charge on any atom is 0.326 e. The molecule has 0 aliphatic rings. The van der Waals surface area contributed by atoms with E-state index in [2.05, 4.69) is 5.32 Å². The quantitative estimate of drug-likeness (QED) is 0.714. The maximum atomic E-state index is 11.6. The summed E-state index contributed by atoms with van der Waals surface area (Å²) in [5, 5.41) is 11.8. The first-order valence-corrected chi connectivity index (χ1v) is 7.20. The number of hydrogen-bond acceptors (Lipinski definition) is 3. The molecule has 0 aliphatic heterocycles. The van der Waals surface area contributed by atoms with E-state index in [1.165, 1.54) is 16.7 Å². The second kappa shape index (κ2) is 8.46. The van der Waals surface area contributed by atoms with Crippen molar-refractivity contribution in [1.82, 2.24) is 9.88 Å². The number of carbonyl (C=O) groups is 2. The lowest BCUT2D eigenvalue weighted by atomic mass is 10.2. The van der Waals surface area contributed by atoms with Crippen molar-refractivity contribution < 1.29 is 14.7 Å². The molecular formula is C14H19ClN2O4. The molecular weight excluding hydrogens is 296 g/mol. The lowest BCUT2D eigenvalue weighted by molar-refractivity contribution is -0.141. The van der Waals surface area contributed by atoms with Crippen LogP contribution in [0.4, 0.5) is 0 Å². The summed E-state index contributed by atoms with van der Waals surface area (Å²) < 4.78 is 1.49. The van der Waals surface area contributed by atoms with Crippen molar-refractivity contribution in [2.24, 2.45) is 0 Å². The SMILES string of the molecule is CCC(NC(=O)CCCCn1cc(Cl)ccc1=O)C(=O)O. The summed E-state index contributed by atoms with van der Waals surface area (Å²) in [7, 11) is 0. The van der Waals surface area contributed by atoms with Gasteiger partial charge in [-0.05, 0) is 25.3 Å². The predicted octanol–water partition coefficient (Wildman–Crippen LogP) is 1.65. The highest BCUT2D eigenvalue weighted by atomic mass is 35.5. The molecule has 1 amide bonds. The van der Waals surface area contributed by atoms with Crippen molar-refractivity contribution in [2.45, 2.75) is 45.2 Å². The van der Waals surface area contributed by atoms with Crippen LogP contribution in [-0.2, 0) is 16.1 Å². The molecule has 116 valence electrons. The highest BCUT2D eigenvalue weighted by Crippen LogP contribution is 2.05. The van der Waals surface area contributed by atoms with E-state index in [9.17, 15) is 14.4 Å². The number of carboxylic acids is 1. The van der Waals surface area contributed by atoms with Crippen LogP contribution in [-0.4, -0.2) is 27.6 Å². The van der Waals surface area contributed by atoms with E-state index >= 15 is 0 Å². The maximum absolute atomic E-state index is 11.6. The van der Waals surface area contributed by atoms with Crippen LogP contribution in [0.15, 0.2) is 23.1 Å². The molecule has 1 atom stereocenters. The molecule has 0 fully saturated rings. The number of pyridine rings is 1. The minimum atomic E-state index is -1.03. The largest absolute Gasteiger partial charge is 0.480 e. The highest BCUT2D eigenvalue weighted by Gasteiger charge is 2.16. The molecule has 2 N–H and O–H groups in total. The average Bonchev–Trinajstić information content (AvgIpc) is 2.44. The monoisotopic (exact) mass is 314 g/mol. The molecule has 0 saturated carbocycles. The summed E-state index contributed by atoms with van der Waals surface area (Å²) in [6.07, 6.45) is 3.35. The van der Waals surface area contributed by atoms with Crippen LogP contribution in [0.25, 0.3) is 0 Å². The van der Waals surface area contributed by atoms with Crippen LogP contribution >= 0.6 is 11.6 Å². The second-order valence-corrected chi connectivity index (χ2v) is 5.14. The summed E-state index contributed by atoms with van der Waals surface area (Å²) >= 11 is 5.80. The molecule has 7 heteroatoms. The molecule has 0 spiro atoms. The van der Waals surface area contributed by atoms with E-state index in [0.717, 1.165) is 0 Å². The van der Waals surface area contributed by atoms with Gasteiger partial charge in [-0.3, -0.25) is 9.59 Å². The second-order valence-electron chi connectivity index (χ2n) is 4.70. The predicted molar refractivity (Wildman–Crippen MR) is 79.4 cm³/mol. The third-order valence-corrected chi connectivity index (χ3v) is 3.27. The number of carboxylic acid groups (broad SMARTS) is 1. The molecule has 1 aromatic rings. The van der Waals surface area contributed by atoms with Crippen LogP contribution in [0.5, 0.6) is 0 Å².